The fraction of sp³-hybridized carbons (Fsp3) is 0.300. The topological polar surface area (TPSA) is 108 Å². The van der Waals surface area contributed by atoms with Crippen LogP contribution < -0.4 is 10.6 Å². The SMILES string of the molecule is CNc1cc(S(=O)(=O)N2CC(=O)NC(=O)C2)ccn1. The molecule has 8 nitrogen and oxygen atoms in total. The summed E-state index contributed by atoms with van der Waals surface area (Å²) in [6.07, 6.45) is 1.34. The Morgan fingerprint density at radius 1 is 1.32 bits per heavy atom. The van der Waals surface area contributed by atoms with Crippen LogP contribution in [-0.2, 0) is 19.6 Å². The zero-order valence-corrected chi connectivity index (χ0v) is 10.9. The van der Waals surface area contributed by atoms with Crippen molar-refractivity contribution in [3.8, 4) is 0 Å². The summed E-state index contributed by atoms with van der Waals surface area (Å²) < 4.78 is 25.4. The maximum absolute atomic E-state index is 12.3. The Kier molecular flexibility index (Phi) is 3.49. The highest BCUT2D eigenvalue weighted by atomic mass is 32.2. The first-order chi connectivity index (χ1) is 8.93. The number of hydrogen-bond donors (Lipinski definition) is 2. The number of rotatable bonds is 3. The Bertz CT molecular complexity index is 612. The minimum atomic E-state index is -3.89. The van der Waals surface area contributed by atoms with E-state index in [1.807, 2.05) is 5.32 Å². The largest absolute Gasteiger partial charge is 0.373 e. The lowest BCUT2D eigenvalue weighted by Gasteiger charge is -2.24. The van der Waals surface area contributed by atoms with E-state index in [0.717, 1.165) is 4.31 Å². The molecular formula is C10H12N4O4S. The minimum absolute atomic E-state index is 0.0191. The highest BCUT2D eigenvalue weighted by molar-refractivity contribution is 7.89. The number of amides is 2. The molecule has 0 unspecified atom stereocenters. The van der Waals surface area contributed by atoms with E-state index in [0.29, 0.717) is 5.82 Å². The second kappa shape index (κ2) is 4.94. The molecule has 0 aliphatic carbocycles. The van der Waals surface area contributed by atoms with Crippen LogP contribution in [0.4, 0.5) is 5.82 Å². The van der Waals surface area contributed by atoms with Crippen LogP contribution in [0.5, 0.6) is 0 Å². The number of pyridine rings is 1. The summed E-state index contributed by atoms with van der Waals surface area (Å²) in [6.45, 7) is -0.740. The number of hydrogen-bond acceptors (Lipinski definition) is 6. The molecule has 102 valence electrons. The Balaban J connectivity index is 2.36. The van der Waals surface area contributed by atoms with Gasteiger partial charge in [0.25, 0.3) is 0 Å². The molecule has 1 aromatic heterocycles. The lowest BCUT2D eigenvalue weighted by molar-refractivity contribution is -0.134. The van der Waals surface area contributed by atoms with Gasteiger partial charge >= 0.3 is 0 Å². The van der Waals surface area contributed by atoms with Gasteiger partial charge in [0.05, 0.1) is 18.0 Å². The molecule has 0 bridgehead atoms. The van der Waals surface area contributed by atoms with Crippen LogP contribution in [0, 0.1) is 0 Å². The van der Waals surface area contributed by atoms with Gasteiger partial charge in [-0.25, -0.2) is 13.4 Å². The van der Waals surface area contributed by atoms with Gasteiger partial charge in [0.1, 0.15) is 5.82 Å². The van der Waals surface area contributed by atoms with Gasteiger partial charge in [-0.05, 0) is 6.07 Å². The summed E-state index contributed by atoms with van der Waals surface area (Å²) in [7, 11) is -2.28. The molecule has 0 saturated carbocycles. The molecule has 2 heterocycles. The third kappa shape index (κ3) is 2.71. The quantitative estimate of drug-likeness (QED) is 0.673. The molecule has 1 fully saturated rings. The second-order valence-corrected chi connectivity index (χ2v) is 5.81. The summed E-state index contributed by atoms with van der Waals surface area (Å²) >= 11 is 0. The molecular weight excluding hydrogens is 272 g/mol. The monoisotopic (exact) mass is 284 g/mol. The number of piperazine rings is 1. The maximum Gasteiger partial charge on any atom is 0.244 e. The molecule has 0 spiro atoms. The standard InChI is InChI=1S/C10H12N4O4S/c1-11-8-4-7(2-3-12-8)19(17,18)14-5-9(15)13-10(16)6-14/h2-4H,5-6H2,1H3,(H,11,12)(H,13,15,16). The summed E-state index contributed by atoms with van der Waals surface area (Å²) in [5.41, 5.74) is 0. The number of carbonyl (C=O) groups is 2. The summed E-state index contributed by atoms with van der Waals surface area (Å²) in [6, 6.07) is 2.65. The summed E-state index contributed by atoms with van der Waals surface area (Å²) in [5, 5.41) is 4.77. The molecule has 0 aromatic carbocycles. The van der Waals surface area contributed by atoms with E-state index in [-0.39, 0.29) is 18.0 Å². The van der Waals surface area contributed by atoms with Crippen molar-refractivity contribution in [2.45, 2.75) is 4.90 Å². The van der Waals surface area contributed by atoms with Crippen molar-refractivity contribution in [3.63, 3.8) is 0 Å². The lowest BCUT2D eigenvalue weighted by atomic mass is 10.4. The minimum Gasteiger partial charge on any atom is -0.373 e. The zero-order chi connectivity index (χ0) is 14.0. The van der Waals surface area contributed by atoms with Crippen molar-refractivity contribution in [3.05, 3.63) is 18.3 Å². The van der Waals surface area contributed by atoms with Crippen LogP contribution in [0.15, 0.2) is 23.2 Å². The Morgan fingerprint density at radius 2 is 1.95 bits per heavy atom. The van der Waals surface area contributed by atoms with Crippen LogP contribution in [-0.4, -0.2) is 49.7 Å². The van der Waals surface area contributed by atoms with Gasteiger partial charge < -0.3 is 5.32 Å². The molecule has 2 rings (SSSR count). The van der Waals surface area contributed by atoms with Gasteiger partial charge in [-0.15, -0.1) is 0 Å². The lowest BCUT2D eigenvalue weighted by Crippen LogP contribution is -2.53. The zero-order valence-electron chi connectivity index (χ0n) is 10.1. The predicted octanol–water partition coefficient (Wildman–Crippen LogP) is -1.23. The van der Waals surface area contributed by atoms with Gasteiger partial charge in [0.2, 0.25) is 21.8 Å². The van der Waals surface area contributed by atoms with E-state index >= 15 is 0 Å². The van der Waals surface area contributed by atoms with Crippen LogP contribution in [0.3, 0.4) is 0 Å². The second-order valence-electron chi connectivity index (χ2n) is 3.87. The summed E-state index contributed by atoms with van der Waals surface area (Å²) in [4.78, 5) is 26.3. The van der Waals surface area contributed by atoms with Gasteiger partial charge in [0, 0.05) is 19.3 Å². The number of sulfonamides is 1. The normalized spacial score (nSPS) is 17.1. The molecule has 19 heavy (non-hydrogen) atoms. The Hall–Kier alpha value is -2.00. The first-order valence-corrected chi connectivity index (χ1v) is 6.84. The fourth-order valence-electron chi connectivity index (χ4n) is 1.64. The van der Waals surface area contributed by atoms with Crippen molar-refractivity contribution < 1.29 is 18.0 Å². The van der Waals surface area contributed by atoms with Crippen LogP contribution in [0.25, 0.3) is 0 Å². The number of nitrogens with one attached hydrogen (secondary N) is 2. The van der Waals surface area contributed by atoms with Crippen molar-refractivity contribution in [2.24, 2.45) is 0 Å². The molecule has 2 amide bonds. The molecule has 9 heteroatoms. The van der Waals surface area contributed by atoms with E-state index < -0.39 is 21.8 Å². The smallest absolute Gasteiger partial charge is 0.244 e. The third-order valence-corrected chi connectivity index (χ3v) is 4.33. The van der Waals surface area contributed by atoms with E-state index in [2.05, 4.69) is 10.3 Å². The molecule has 0 radical (unpaired) electrons. The van der Waals surface area contributed by atoms with Crippen LogP contribution >= 0.6 is 0 Å². The molecule has 1 aliphatic rings. The number of nitrogens with zero attached hydrogens (tertiary/aromatic N) is 2. The first-order valence-electron chi connectivity index (χ1n) is 5.40. The third-order valence-electron chi connectivity index (χ3n) is 2.54. The van der Waals surface area contributed by atoms with Gasteiger partial charge in [-0.3, -0.25) is 14.9 Å². The van der Waals surface area contributed by atoms with Crippen molar-refractivity contribution in [1.29, 1.82) is 0 Å². The van der Waals surface area contributed by atoms with Crippen molar-refractivity contribution >= 4 is 27.7 Å². The molecule has 1 saturated heterocycles. The van der Waals surface area contributed by atoms with Gasteiger partial charge in [-0.2, -0.15) is 4.31 Å². The highest BCUT2D eigenvalue weighted by Crippen LogP contribution is 2.18. The van der Waals surface area contributed by atoms with Crippen molar-refractivity contribution in [1.82, 2.24) is 14.6 Å². The first kappa shape index (κ1) is 13.4. The van der Waals surface area contributed by atoms with Crippen LogP contribution in [0.1, 0.15) is 0 Å². The number of imide groups is 1. The van der Waals surface area contributed by atoms with E-state index in [4.69, 9.17) is 0 Å². The number of anilines is 1. The molecule has 1 aromatic rings. The van der Waals surface area contributed by atoms with Crippen molar-refractivity contribution in [2.75, 3.05) is 25.5 Å². The molecule has 2 N–H and O–H groups in total. The summed E-state index contributed by atoms with van der Waals surface area (Å²) in [5.74, 6) is -0.890. The van der Waals surface area contributed by atoms with E-state index in [1.165, 1.54) is 18.3 Å². The molecule has 0 atom stereocenters. The maximum atomic E-state index is 12.3. The number of carbonyl (C=O) groups excluding carboxylic acids is 2. The predicted molar refractivity (Wildman–Crippen MR) is 65.7 cm³/mol. The average molecular weight is 284 g/mol. The fourth-order valence-corrected chi connectivity index (χ4v) is 3.00. The highest BCUT2D eigenvalue weighted by Gasteiger charge is 2.32. The van der Waals surface area contributed by atoms with E-state index in [9.17, 15) is 18.0 Å². The Morgan fingerprint density at radius 3 is 2.53 bits per heavy atom. The Labute approximate surface area is 109 Å². The average Bonchev–Trinajstić information content (AvgIpc) is 2.37. The van der Waals surface area contributed by atoms with Crippen LogP contribution in [0.2, 0.25) is 0 Å². The van der Waals surface area contributed by atoms with Gasteiger partial charge in [0.15, 0.2) is 0 Å². The van der Waals surface area contributed by atoms with Gasteiger partial charge in [-0.1, -0.05) is 0 Å². The molecule has 1 aliphatic heterocycles. The van der Waals surface area contributed by atoms with E-state index in [1.54, 1.807) is 7.05 Å². The number of aromatic nitrogens is 1.